The normalized spacial score (nSPS) is 12.1. The second kappa shape index (κ2) is 12.4. The number of hydrogen-bond acceptors (Lipinski definition) is 1. The lowest BCUT2D eigenvalue weighted by Crippen LogP contribution is -2.30. The van der Waals surface area contributed by atoms with Crippen LogP contribution < -0.4 is 15.9 Å². The molecular formula is C50H35N3OP+. The molecule has 0 bridgehead atoms. The van der Waals surface area contributed by atoms with Crippen molar-refractivity contribution in [3.63, 3.8) is 0 Å². The molecule has 0 spiro atoms. The Bertz CT molecular complexity index is 3100. The predicted molar refractivity (Wildman–Crippen MR) is 233 cm³/mol. The smallest absolute Gasteiger partial charge is 0.238 e. The number of fused-ring (bicyclic) bond motifs is 8. The SMILES string of the molecule is O[P+](c1ccccc1)(c1ccccc1)c1ccc(-n2c3ccccc3c3c2c2ccccc2n3-c2ccc(-n3c4ccccc4c4ccccc43)cc2)cc1. The summed E-state index contributed by atoms with van der Waals surface area (Å²) in [6.07, 6.45) is 0. The monoisotopic (exact) mass is 724 g/mol. The number of rotatable bonds is 6. The molecule has 0 saturated heterocycles. The van der Waals surface area contributed by atoms with Crippen molar-refractivity contribution >= 4 is 78.0 Å². The average molecular weight is 725 g/mol. The summed E-state index contributed by atoms with van der Waals surface area (Å²) in [6, 6.07) is 72.5. The maximum atomic E-state index is 12.6. The molecule has 0 saturated carbocycles. The van der Waals surface area contributed by atoms with Crippen LogP contribution in [0.2, 0.25) is 0 Å². The molecule has 5 heteroatoms. The Labute approximate surface area is 318 Å². The van der Waals surface area contributed by atoms with Crippen LogP contribution in [0.15, 0.2) is 206 Å². The Kier molecular flexibility index (Phi) is 7.18. The van der Waals surface area contributed by atoms with E-state index in [4.69, 9.17) is 0 Å². The van der Waals surface area contributed by atoms with E-state index in [9.17, 15) is 4.89 Å². The first-order valence-corrected chi connectivity index (χ1v) is 20.4. The number of aromatic nitrogens is 3. The first-order valence-electron chi connectivity index (χ1n) is 18.7. The summed E-state index contributed by atoms with van der Waals surface area (Å²) < 4.78 is 7.18. The largest absolute Gasteiger partial charge is 0.309 e. The number of para-hydroxylation sites is 4. The van der Waals surface area contributed by atoms with Gasteiger partial charge in [-0.1, -0.05) is 109 Å². The first kappa shape index (κ1) is 31.8. The molecule has 11 aromatic rings. The Morgan fingerprint density at radius 3 is 0.982 bits per heavy atom. The van der Waals surface area contributed by atoms with Gasteiger partial charge in [0.05, 0.1) is 33.1 Å². The van der Waals surface area contributed by atoms with Crippen molar-refractivity contribution in [3.8, 4) is 17.1 Å². The van der Waals surface area contributed by atoms with E-state index in [1.165, 1.54) is 38.1 Å². The highest BCUT2D eigenvalue weighted by atomic mass is 31.2. The zero-order valence-corrected chi connectivity index (χ0v) is 30.8. The average Bonchev–Trinajstić information content (AvgIpc) is 3.90. The molecule has 0 aliphatic heterocycles. The number of benzene rings is 8. The fourth-order valence-electron chi connectivity index (χ4n) is 8.73. The van der Waals surface area contributed by atoms with Gasteiger partial charge in [0.25, 0.3) is 0 Å². The molecule has 11 rings (SSSR count). The van der Waals surface area contributed by atoms with Gasteiger partial charge in [-0.2, -0.15) is 0 Å². The van der Waals surface area contributed by atoms with Gasteiger partial charge in [-0.25, -0.2) is 4.89 Å². The highest BCUT2D eigenvalue weighted by molar-refractivity contribution is 7.91. The van der Waals surface area contributed by atoms with E-state index in [-0.39, 0.29) is 0 Å². The van der Waals surface area contributed by atoms with Gasteiger partial charge < -0.3 is 13.7 Å². The lowest BCUT2D eigenvalue weighted by atomic mass is 10.2. The van der Waals surface area contributed by atoms with Crippen LogP contribution in [0.5, 0.6) is 0 Å². The third kappa shape index (κ3) is 4.72. The van der Waals surface area contributed by atoms with Gasteiger partial charge in [0.1, 0.15) is 15.9 Å². The minimum Gasteiger partial charge on any atom is -0.309 e. The second-order valence-corrected chi connectivity index (χ2v) is 16.9. The lowest BCUT2D eigenvalue weighted by molar-refractivity contribution is 0.633. The fourth-order valence-corrected chi connectivity index (χ4v) is 11.4. The van der Waals surface area contributed by atoms with Gasteiger partial charge in [0.2, 0.25) is 7.49 Å². The molecule has 0 unspecified atom stereocenters. The van der Waals surface area contributed by atoms with Crippen molar-refractivity contribution in [2.75, 3.05) is 0 Å². The zero-order chi connectivity index (χ0) is 36.5. The second-order valence-electron chi connectivity index (χ2n) is 14.1. The van der Waals surface area contributed by atoms with Gasteiger partial charge in [-0.3, -0.25) is 0 Å². The van der Waals surface area contributed by atoms with Crippen molar-refractivity contribution in [2.24, 2.45) is 0 Å². The molecular weight excluding hydrogens is 690 g/mol. The highest BCUT2D eigenvalue weighted by Crippen LogP contribution is 2.51. The van der Waals surface area contributed by atoms with Crippen LogP contribution in [-0.2, 0) is 0 Å². The summed E-state index contributed by atoms with van der Waals surface area (Å²) >= 11 is 0. The van der Waals surface area contributed by atoms with E-state index in [0.29, 0.717) is 0 Å². The summed E-state index contributed by atoms with van der Waals surface area (Å²) in [5.41, 5.74) is 10.3. The third-order valence-electron chi connectivity index (χ3n) is 11.2. The Morgan fingerprint density at radius 2 is 0.564 bits per heavy atom. The molecule has 8 aromatic carbocycles. The van der Waals surface area contributed by atoms with E-state index >= 15 is 0 Å². The summed E-state index contributed by atoms with van der Waals surface area (Å²) in [5.74, 6) is 0. The minimum absolute atomic E-state index is 0.923. The van der Waals surface area contributed by atoms with Crippen molar-refractivity contribution in [1.29, 1.82) is 0 Å². The molecule has 4 nitrogen and oxygen atoms in total. The van der Waals surface area contributed by atoms with Crippen molar-refractivity contribution < 1.29 is 4.89 Å². The molecule has 0 radical (unpaired) electrons. The van der Waals surface area contributed by atoms with Gasteiger partial charge in [-0.15, -0.1) is 0 Å². The summed E-state index contributed by atoms with van der Waals surface area (Å²) in [7, 11) is -2.86. The summed E-state index contributed by atoms with van der Waals surface area (Å²) in [5, 5.41) is 7.68. The molecule has 3 aromatic heterocycles. The van der Waals surface area contributed by atoms with Crippen LogP contribution >= 0.6 is 7.49 Å². The van der Waals surface area contributed by atoms with Crippen LogP contribution in [0.4, 0.5) is 0 Å². The quantitative estimate of drug-likeness (QED) is 0.170. The van der Waals surface area contributed by atoms with Crippen LogP contribution in [0.3, 0.4) is 0 Å². The molecule has 0 aliphatic rings. The van der Waals surface area contributed by atoms with Crippen LogP contribution in [0, 0.1) is 0 Å². The van der Waals surface area contributed by atoms with E-state index in [0.717, 1.165) is 49.5 Å². The lowest BCUT2D eigenvalue weighted by Gasteiger charge is -2.20. The van der Waals surface area contributed by atoms with Crippen LogP contribution in [0.25, 0.3) is 71.7 Å². The summed E-state index contributed by atoms with van der Waals surface area (Å²) in [4.78, 5) is 12.6. The van der Waals surface area contributed by atoms with E-state index in [1.54, 1.807) is 0 Å². The van der Waals surface area contributed by atoms with Gasteiger partial charge >= 0.3 is 0 Å². The molecule has 1 N–H and O–H groups in total. The molecule has 0 amide bonds. The van der Waals surface area contributed by atoms with Gasteiger partial charge in [-0.05, 0) is 97.1 Å². The first-order chi connectivity index (χ1) is 27.2. The van der Waals surface area contributed by atoms with Gasteiger partial charge in [0, 0.05) is 38.6 Å². The molecule has 0 atom stereocenters. The number of nitrogens with zero attached hydrogens (tertiary/aromatic N) is 3. The predicted octanol–water partition coefficient (Wildman–Crippen LogP) is 11.0. The maximum absolute atomic E-state index is 12.6. The molecule has 0 aliphatic carbocycles. The molecule has 3 heterocycles. The van der Waals surface area contributed by atoms with E-state index in [2.05, 4.69) is 159 Å². The highest BCUT2D eigenvalue weighted by Gasteiger charge is 2.44. The Hall–Kier alpha value is -6.71. The Morgan fingerprint density at radius 1 is 0.273 bits per heavy atom. The zero-order valence-electron chi connectivity index (χ0n) is 29.9. The van der Waals surface area contributed by atoms with Crippen molar-refractivity contribution in [2.45, 2.75) is 0 Å². The van der Waals surface area contributed by atoms with Crippen LogP contribution in [-0.4, -0.2) is 18.6 Å². The van der Waals surface area contributed by atoms with E-state index < -0.39 is 7.49 Å². The Balaban J connectivity index is 1.09. The third-order valence-corrected chi connectivity index (χ3v) is 14.3. The van der Waals surface area contributed by atoms with Crippen LogP contribution in [0.1, 0.15) is 0 Å². The number of hydrogen-bond donors (Lipinski definition) is 1. The van der Waals surface area contributed by atoms with Crippen molar-refractivity contribution in [3.05, 3.63) is 206 Å². The van der Waals surface area contributed by atoms with E-state index in [1.807, 2.05) is 60.7 Å². The standard InChI is InChI=1S/C50H35N3OP/c54-55(38-15-3-1-4-16-38,39-17-5-2-6-18-39)40-33-31-37(32-34-40)53-48-26-14-10-22-44(48)49-50(53)43-21-9-13-25-47(43)52(49)36-29-27-35(28-30-36)51-45-23-11-7-19-41(45)42-20-8-12-24-46(42)51/h1-34,54H/q+1. The fraction of sp³-hybridized carbons (Fsp3) is 0. The summed E-state index contributed by atoms with van der Waals surface area (Å²) in [6.45, 7) is 0. The molecule has 260 valence electrons. The topological polar surface area (TPSA) is 35.0 Å². The molecule has 55 heavy (non-hydrogen) atoms. The minimum atomic E-state index is -2.86. The molecule has 0 fully saturated rings. The van der Waals surface area contributed by atoms with Gasteiger partial charge in [0.15, 0.2) is 0 Å². The van der Waals surface area contributed by atoms with Crippen molar-refractivity contribution in [1.82, 2.24) is 13.7 Å². The maximum Gasteiger partial charge on any atom is 0.238 e.